The van der Waals surface area contributed by atoms with E-state index < -0.39 is 0 Å². The zero-order valence-electron chi connectivity index (χ0n) is 13.9. The van der Waals surface area contributed by atoms with Crippen molar-refractivity contribution in [3.63, 3.8) is 0 Å². The van der Waals surface area contributed by atoms with Gasteiger partial charge in [0.25, 0.3) is 0 Å². The van der Waals surface area contributed by atoms with Gasteiger partial charge in [-0.15, -0.1) is 24.8 Å². The van der Waals surface area contributed by atoms with E-state index in [1.807, 2.05) is 7.76 Å². The Morgan fingerprint density at radius 3 is 1.43 bits per heavy atom. The zero-order chi connectivity index (χ0) is 14.1. The van der Waals surface area contributed by atoms with Crippen molar-refractivity contribution in [2.24, 2.45) is 11.8 Å². The van der Waals surface area contributed by atoms with Crippen molar-refractivity contribution in [1.29, 1.82) is 0 Å². The summed E-state index contributed by atoms with van der Waals surface area (Å²) in [4.78, 5) is 0. The first-order valence-corrected chi connectivity index (χ1v) is 10.5. The van der Waals surface area contributed by atoms with E-state index in [2.05, 4.69) is 24.3 Å². The number of hydrogen-bond donors (Lipinski definition) is 0. The third kappa shape index (κ3) is 4.27. The van der Waals surface area contributed by atoms with E-state index in [9.17, 15) is 0 Å². The molecule has 0 aliphatic heterocycles. The van der Waals surface area contributed by atoms with Gasteiger partial charge >= 0.3 is 138 Å². The molecule has 0 aromatic rings. The maximum Gasteiger partial charge on any atom is -0.147 e. The maximum absolute atomic E-state index is 2.49. The van der Waals surface area contributed by atoms with Crippen LogP contribution in [-0.4, -0.2) is 0 Å². The van der Waals surface area contributed by atoms with Gasteiger partial charge in [0.1, 0.15) is 0 Å². The SMILES string of the molecule is C1=CC(C2CCCC2)=[C]([Ti][C]2=C(C3CCCC3)C=CC2)C1.Cl.Cl. The molecule has 0 N–H and O–H groups in total. The first-order chi connectivity index (χ1) is 10.4. The van der Waals surface area contributed by atoms with Crippen molar-refractivity contribution in [2.45, 2.75) is 64.2 Å². The van der Waals surface area contributed by atoms with Crippen LogP contribution in [0.2, 0.25) is 0 Å². The largest absolute Gasteiger partial charge is 0.147 e. The molecular weight excluding hydrogens is 359 g/mol. The van der Waals surface area contributed by atoms with Crippen LogP contribution in [-0.2, 0) is 19.2 Å². The average Bonchev–Trinajstić information content (AvgIpc) is 3.28. The average molecular weight is 387 g/mol. The fourth-order valence-electron chi connectivity index (χ4n) is 4.71. The zero-order valence-corrected chi connectivity index (χ0v) is 17.0. The number of halogens is 2. The second kappa shape index (κ2) is 9.09. The topological polar surface area (TPSA) is 0 Å². The molecule has 0 aromatic heterocycles. The van der Waals surface area contributed by atoms with E-state index in [1.54, 1.807) is 11.1 Å². The van der Waals surface area contributed by atoms with Crippen molar-refractivity contribution < 1.29 is 19.2 Å². The summed E-state index contributed by atoms with van der Waals surface area (Å²) >= 11 is -0.0198. The summed E-state index contributed by atoms with van der Waals surface area (Å²) in [6.45, 7) is 0. The number of rotatable bonds is 4. The van der Waals surface area contributed by atoms with E-state index >= 15 is 0 Å². The van der Waals surface area contributed by atoms with E-state index in [4.69, 9.17) is 0 Å². The van der Waals surface area contributed by atoms with Crippen molar-refractivity contribution in [3.8, 4) is 0 Å². The van der Waals surface area contributed by atoms with E-state index in [0.717, 1.165) is 11.8 Å². The molecule has 4 rings (SSSR count). The van der Waals surface area contributed by atoms with Crippen LogP contribution < -0.4 is 0 Å². The van der Waals surface area contributed by atoms with E-state index in [1.165, 1.54) is 64.2 Å². The Balaban J connectivity index is 0.000000960. The van der Waals surface area contributed by atoms with Crippen molar-refractivity contribution in [2.75, 3.05) is 0 Å². The van der Waals surface area contributed by atoms with Crippen molar-refractivity contribution in [1.82, 2.24) is 0 Å². The van der Waals surface area contributed by atoms with Gasteiger partial charge in [-0.25, -0.2) is 0 Å². The first-order valence-electron chi connectivity index (χ1n) is 8.98. The summed E-state index contributed by atoms with van der Waals surface area (Å²) in [6, 6.07) is 0. The standard InChI is InChI=1S/2C10H13.2ClH.Ti/c2*1-2-6-9(5-1)10-7-3-4-8-10;;;/h2*1,5,10H,2-4,7-8H2;2*1H;. The first kappa shape index (κ1) is 19.6. The molecule has 23 heavy (non-hydrogen) atoms. The van der Waals surface area contributed by atoms with Gasteiger partial charge in [0, 0.05) is 0 Å². The predicted molar refractivity (Wildman–Crippen MR) is 100.0 cm³/mol. The fraction of sp³-hybridized carbons (Fsp3) is 0.600. The van der Waals surface area contributed by atoms with Crippen LogP contribution in [0.25, 0.3) is 0 Å². The van der Waals surface area contributed by atoms with Gasteiger partial charge in [0.2, 0.25) is 0 Å². The molecule has 3 heteroatoms. The van der Waals surface area contributed by atoms with Crippen LogP contribution >= 0.6 is 24.8 Å². The molecule has 126 valence electrons. The minimum Gasteiger partial charge on any atom is -0.147 e. The van der Waals surface area contributed by atoms with Gasteiger partial charge in [-0.1, -0.05) is 0 Å². The van der Waals surface area contributed by atoms with Gasteiger partial charge in [-0.3, -0.25) is 0 Å². The number of allylic oxidation sites excluding steroid dienone is 8. The molecule has 0 spiro atoms. The van der Waals surface area contributed by atoms with Crippen LogP contribution in [0.3, 0.4) is 0 Å². The van der Waals surface area contributed by atoms with E-state index in [0.29, 0.717) is 0 Å². The minimum absolute atomic E-state index is 0. The summed E-state index contributed by atoms with van der Waals surface area (Å²) in [5, 5.41) is 0. The fourth-order valence-corrected chi connectivity index (χ4v) is 7.32. The molecule has 0 saturated heterocycles. The van der Waals surface area contributed by atoms with Crippen LogP contribution in [0, 0.1) is 11.8 Å². The quantitative estimate of drug-likeness (QED) is 0.470. The normalized spacial score (nSPS) is 24.5. The van der Waals surface area contributed by atoms with Crippen LogP contribution in [0.5, 0.6) is 0 Å². The number of hydrogen-bond acceptors (Lipinski definition) is 0. The van der Waals surface area contributed by atoms with Gasteiger partial charge in [-0.05, 0) is 0 Å². The third-order valence-electron chi connectivity index (χ3n) is 5.83. The summed E-state index contributed by atoms with van der Waals surface area (Å²) in [5.41, 5.74) is 3.58. The van der Waals surface area contributed by atoms with Crippen LogP contribution in [0.15, 0.2) is 43.2 Å². The van der Waals surface area contributed by atoms with Crippen molar-refractivity contribution in [3.05, 3.63) is 43.2 Å². The summed E-state index contributed by atoms with van der Waals surface area (Å²) in [6.07, 6.45) is 24.2. The minimum atomic E-state index is -0.0198. The third-order valence-corrected chi connectivity index (χ3v) is 8.31. The Morgan fingerprint density at radius 1 is 0.652 bits per heavy atom. The smallest absolute Gasteiger partial charge is 0.147 e. The Hall–Kier alpha value is 0.254. The Labute approximate surface area is 162 Å². The summed E-state index contributed by atoms with van der Waals surface area (Å²) in [5.74, 6) is 1.85. The predicted octanol–water partition coefficient (Wildman–Crippen LogP) is 6.72. The van der Waals surface area contributed by atoms with Gasteiger partial charge in [0.05, 0.1) is 0 Å². The molecule has 0 aromatic carbocycles. The van der Waals surface area contributed by atoms with Gasteiger partial charge in [-0.2, -0.15) is 0 Å². The summed E-state index contributed by atoms with van der Waals surface area (Å²) < 4.78 is 3.77. The maximum atomic E-state index is 2.49. The molecule has 0 nitrogen and oxygen atoms in total. The molecule has 0 atom stereocenters. The van der Waals surface area contributed by atoms with Crippen LogP contribution in [0.1, 0.15) is 64.2 Å². The van der Waals surface area contributed by atoms with Crippen molar-refractivity contribution >= 4 is 24.8 Å². The molecule has 0 bridgehead atoms. The molecule has 0 amide bonds. The van der Waals surface area contributed by atoms with Gasteiger partial charge < -0.3 is 0 Å². The second-order valence-electron chi connectivity index (χ2n) is 7.17. The van der Waals surface area contributed by atoms with E-state index in [-0.39, 0.29) is 44.0 Å². The summed E-state index contributed by atoms with van der Waals surface area (Å²) in [7, 11) is 0. The molecule has 0 heterocycles. The Bertz CT molecular complexity index is 482. The Morgan fingerprint density at radius 2 is 1.04 bits per heavy atom. The Kier molecular flexibility index (Phi) is 7.74. The molecule has 0 radical (unpaired) electrons. The second-order valence-corrected chi connectivity index (χ2v) is 9.44. The van der Waals surface area contributed by atoms with Gasteiger partial charge in [0.15, 0.2) is 0 Å². The van der Waals surface area contributed by atoms with Crippen LogP contribution in [0.4, 0.5) is 0 Å². The molecule has 4 aliphatic carbocycles. The molecule has 2 fully saturated rings. The molecule has 0 unspecified atom stereocenters. The molecular formula is C20H28Cl2Ti. The monoisotopic (exact) mass is 386 g/mol. The molecule has 2 saturated carbocycles. The molecule has 4 aliphatic rings.